The second-order valence-corrected chi connectivity index (χ2v) is 3.97. The van der Waals surface area contributed by atoms with Crippen LogP contribution in [0.25, 0.3) is 0 Å². The van der Waals surface area contributed by atoms with Gasteiger partial charge in [0.15, 0.2) is 6.04 Å². The van der Waals surface area contributed by atoms with Crippen molar-refractivity contribution in [2.24, 2.45) is 0 Å². The first-order valence-electron chi connectivity index (χ1n) is 4.44. The van der Waals surface area contributed by atoms with E-state index in [-0.39, 0.29) is 0 Å². The summed E-state index contributed by atoms with van der Waals surface area (Å²) in [6.07, 6.45) is 0. The van der Waals surface area contributed by atoms with Gasteiger partial charge in [-0.2, -0.15) is 0 Å². The number of aliphatic hydroxyl groups excluding tert-OH is 1. The summed E-state index contributed by atoms with van der Waals surface area (Å²) in [7, 11) is 0. The fourth-order valence-corrected chi connectivity index (χ4v) is 1.46. The van der Waals surface area contributed by atoms with Crippen LogP contribution in [0.1, 0.15) is 10.4 Å². The van der Waals surface area contributed by atoms with Gasteiger partial charge in [-0.3, -0.25) is 4.79 Å². The topological polar surface area (TPSA) is 86.6 Å². The average Bonchev–Trinajstić information content (AvgIpc) is 2.25. The fourth-order valence-electron chi connectivity index (χ4n) is 1.06. The van der Waals surface area contributed by atoms with Gasteiger partial charge < -0.3 is 15.5 Å². The van der Waals surface area contributed by atoms with Crippen LogP contribution < -0.4 is 5.32 Å². The molecule has 0 aliphatic heterocycles. The van der Waals surface area contributed by atoms with E-state index in [0.29, 0.717) is 5.56 Å². The monoisotopic (exact) mass is 287 g/mol. The van der Waals surface area contributed by atoms with Gasteiger partial charge in [-0.05, 0) is 18.2 Å². The lowest BCUT2D eigenvalue weighted by atomic mass is 10.2. The van der Waals surface area contributed by atoms with Gasteiger partial charge in [0.05, 0.1) is 6.61 Å². The minimum atomic E-state index is -1.29. The molecule has 3 N–H and O–H groups in total. The minimum absolute atomic E-state index is 0.328. The highest BCUT2D eigenvalue weighted by Gasteiger charge is 2.19. The quantitative estimate of drug-likeness (QED) is 0.758. The number of carbonyl (C=O) groups is 2. The zero-order valence-electron chi connectivity index (χ0n) is 8.18. The Balaban J connectivity index is 2.75. The smallest absolute Gasteiger partial charge is 0.328 e. The zero-order chi connectivity index (χ0) is 12.1. The van der Waals surface area contributed by atoms with Crippen LogP contribution in [0.2, 0.25) is 0 Å². The van der Waals surface area contributed by atoms with E-state index in [1.165, 1.54) is 0 Å². The highest BCUT2D eigenvalue weighted by Crippen LogP contribution is 2.11. The summed E-state index contributed by atoms with van der Waals surface area (Å²) in [5.41, 5.74) is 0.328. The van der Waals surface area contributed by atoms with Gasteiger partial charge in [-0.25, -0.2) is 4.79 Å². The molecular weight excluding hydrogens is 278 g/mol. The lowest BCUT2D eigenvalue weighted by Gasteiger charge is -2.11. The van der Waals surface area contributed by atoms with Gasteiger partial charge in [0.25, 0.3) is 5.91 Å². The molecule has 1 rings (SSSR count). The molecule has 0 radical (unpaired) electrons. The molecule has 1 aromatic rings. The molecule has 0 spiro atoms. The number of aliphatic carboxylic acids is 1. The van der Waals surface area contributed by atoms with E-state index in [9.17, 15) is 9.59 Å². The van der Waals surface area contributed by atoms with Crippen molar-refractivity contribution in [1.29, 1.82) is 0 Å². The van der Waals surface area contributed by atoms with E-state index < -0.39 is 24.5 Å². The average molecular weight is 288 g/mol. The maximum absolute atomic E-state index is 11.6. The van der Waals surface area contributed by atoms with Crippen molar-refractivity contribution in [2.75, 3.05) is 6.61 Å². The number of aliphatic hydroxyl groups is 1. The Morgan fingerprint density at radius 1 is 1.44 bits per heavy atom. The molecule has 0 saturated heterocycles. The Kier molecular flexibility index (Phi) is 4.45. The minimum Gasteiger partial charge on any atom is -0.480 e. The molecule has 1 amide bonds. The third-order valence-electron chi connectivity index (χ3n) is 1.87. The maximum atomic E-state index is 11.6. The molecule has 0 aliphatic rings. The van der Waals surface area contributed by atoms with E-state index in [2.05, 4.69) is 21.2 Å². The summed E-state index contributed by atoms with van der Waals surface area (Å²) in [4.78, 5) is 22.1. The first-order chi connectivity index (χ1) is 7.54. The van der Waals surface area contributed by atoms with Crippen molar-refractivity contribution in [3.05, 3.63) is 34.3 Å². The highest BCUT2D eigenvalue weighted by molar-refractivity contribution is 9.10. The Morgan fingerprint density at radius 2 is 2.12 bits per heavy atom. The van der Waals surface area contributed by atoms with E-state index >= 15 is 0 Å². The third-order valence-corrected chi connectivity index (χ3v) is 2.37. The Hall–Kier alpha value is -1.40. The number of benzene rings is 1. The normalized spacial score (nSPS) is 11.9. The van der Waals surface area contributed by atoms with Crippen molar-refractivity contribution in [1.82, 2.24) is 5.32 Å². The second kappa shape index (κ2) is 5.62. The number of carboxylic acid groups (broad SMARTS) is 1. The number of carboxylic acids is 1. The number of rotatable bonds is 4. The lowest BCUT2D eigenvalue weighted by Crippen LogP contribution is -2.43. The van der Waals surface area contributed by atoms with Crippen molar-refractivity contribution >= 4 is 27.8 Å². The highest BCUT2D eigenvalue weighted by atomic mass is 79.9. The fraction of sp³-hybridized carbons (Fsp3) is 0.200. The summed E-state index contributed by atoms with van der Waals surface area (Å²) in [5, 5.41) is 19.6. The lowest BCUT2D eigenvalue weighted by molar-refractivity contribution is -0.140. The first kappa shape index (κ1) is 12.7. The van der Waals surface area contributed by atoms with Gasteiger partial charge >= 0.3 is 5.97 Å². The number of halogens is 1. The van der Waals surface area contributed by atoms with Crippen LogP contribution in [-0.4, -0.2) is 34.7 Å². The zero-order valence-corrected chi connectivity index (χ0v) is 9.77. The summed E-state index contributed by atoms with van der Waals surface area (Å²) >= 11 is 3.20. The molecule has 0 aliphatic carbocycles. The summed E-state index contributed by atoms with van der Waals surface area (Å²) < 4.78 is 0.719. The molecule has 16 heavy (non-hydrogen) atoms. The number of nitrogens with one attached hydrogen (secondary N) is 1. The maximum Gasteiger partial charge on any atom is 0.328 e. The Morgan fingerprint density at radius 3 is 2.62 bits per heavy atom. The van der Waals surface area contributed by atoms with E-state index in [4.69, 9.17) is 10.2 Å². The van der Waals surface area contributed by atoms with Crippen LogP contribution in [-0.2, 0) is 4.79 Å². The van der Waals surface area contributed by atoms with Crippen LogP contribution in [0.3, 0.4) is 0 Å². The van der Waals surface area contributed by atoms with Crippen LogP contribution in [0.5, 0.6) is 0 Å². The second-order valence-electron chi connectivity index (χ2n) is 3.06. The number of hydrogen-bond acceptors (Lipinski definition) is 3. The summed E-state index contributed by atoms with van der Waals surface area (Å²) in [5.74, 6) is -1.81. The number of amides is 1. The molecule has 0 heterocycles. The third kappa shape index (κ3) is 3.32. The molecule has 1 aromatic carbocycles. The molecule has 5 nitrogen and oxygen atoms in total. The van der Waals surface area contributed by atoms with Crippen LogP contribution in [0.15, 0.2) is 28.7 Å². The molecule has 0 aromatic heterocycles. The number of hydrogen-bond donors (Lipinski definition) is 3. The van der Waals surface area contributed by atoms with Gasteiger partial charge in [-0.15, -0.1) is 0 Å². The summed E-state index contributed by atoms with van der Waals surface area (Å²) in [6.45, 7) is -0.644. The molecule has 0 unspecified atom stereocenters. The standard InChI is InChI=1S/C10H10BrNO4/c11-7-3-1-2-6(4-7)9(14)12-8(5-13)10(15)16/h1-4,8,13H,5H2,(H,12,14)(H,15,16)/t8-/m0/s1. The SMILES string of the molecule is O=C(N[C@@H](CO)C(=O)O)c1cccc(Br)c1. The molecular formula is C10H10BrNO4. The van der Waals surface area contributed by atoms with Gasteiger partial charge in [0, 0.05) is 10.0 Å². The predicted octanol–water partition coefficient (Wildman–Crippen LogP) is 0.624. The molecule has 0 saturated carbocycles. The Labute approximate surface area is 100 Å². The van der Waals surface area contributed by atoms with Gasteiger partial charge in [0.1, 0.15) is 0 Å². The van der Waals surface area contributed by atoms with E-state index in [1.807, 2.05) is 0 Å². The van der Waals surface area contributed by atoms with Crippen molar-refractivity contribution in [3.63, 3.8) is 0 Å². The largest absolute Gasteiger partial charge is 0.480 e. The van der Waals surface area contributed by atoms with Gasteiger partial charge in [0.2, 0.25) is 0 Å². The summed E-state index contributed by atoms with van der Waals surface area (Å²) in [6, 6.07) is 5.24. The van der Waals surface area contributed by atoms with Crippen molar-refractivity contribution in [3.8, 4) is 0 Å². The van der Waals surface area contributed by atoms with Crippen molar-refractivity contribution < 1.29 is 19.8 Å². The molecule has 0 bridgehead atoms. The van der Waals surface area contributed by atoms with E-state index in [0.717, 1.165) is 4.47 Å². The number of carbonyl (C=O) groups excluding carboxylic acids is 1. The Bertz CT molecular complexity index is 408. The van der Waals surface area contributed by atoms with Crippen LogP contribution in [0, 0.1) is 0 Å². The molecule has 86 valence electrons. The molecule has 1 atom stereocenters. The van der Waals surface area contributed by atoms with Gasteiger partial charge in [-0.1, -0.05) is 22.0 Å². The van der Waals surface area contributed by atoms with Crippen LogP contribution >= 0.6 is 15.9 Å². The van der Waals surface area contributed by atoms with E-state index in [1.54, 1.807) is 24.3 Å². The van der Waals surface area contributed by atoms with Crippen molar-refractivity contribution in [2.45, 2.75) is 6.04 Å². The first-order valence-corrected chi connectivity index (χ1v) is 5.24. The molecule has 6 heteroatoms. The predicted molar refractivity (Wildman–Crippen MR) is 60.1 cm³/mol. The van der Waals surface area contributed by atoms with Crippen LogP contribution in [0.4, 0.5) is 0 Å². The molecule has 0 fully saturated rings.